The Kier molecular flexibility index (Phi) is 2.50. The first-order valence-electron chi connectivity index (χ1n) is 4.10. The molecule has 0 bridgehead atoms. The lowest BCUT2D eigenvalue weighted by Crippen LogP contribution is -1.80. The predicted molar refractivity (Wildman–Crippen MR) is 57.2 cm³/mol. The highest BCUT2D eigenvalue weighted by Crippen LogP contribution is 2.26. The fraction of sp³-hybridized carbons (Fsp3) is 0. The van der Waals surface area contributed by atoms with Crippen molar-refractivity contribution in [3.05, 3.63) is 46.8 Å². The Morgan fingerprint density at radius 1 is 1.29 bits per heavy atom. The maximum absolute atomic E-state index is 10.6. The molecule has 0 fully saturated rings. The first-order chi connectivity index (χ1) is 6.81. The van der Waals surface area contributed by atoms with Crippen LogP contribution in [-0.2, 0) is 0 Å². The van der Waals surface area contributed by atoms with Gasteiger partial charge in [0.25, 0.3) is 0 Å². The lowest BCUT2D eigenvalue weighted by molar-refractivity contribution is 0.110. The second-order valence-electron chi connectivity index (χ2n) is 2.83. The summed E-state index contributed by atoms with van der Waals surface area (Å²) in [7, 11) is 0. The SMILES string of the molecule is O=Cc1occc1-c1cccc(Br)c1. The van der Waals surface area contributed by atoms with Crippen LogP contribution < -0.4 is 0 Å². The zero-order chi connectivity index (χ0) is 9.97. The van der Waals surface area contributed by atoms with Crippen LogP contribution in [0.1, 0.15) is 10.6 Å². The minimum atomic E-state index is 0.364. The van der Waals surface area contributed by atoms with E-state index in [4.69, 9.17) is 4.42 Å². The van der Waals surface area contributed by atoms with Crippen LogP contribution in [0.4, 0.5) is 0 Å². The molecule has 14 heavy (non-hydrogen) atoms. The molecule has 0 aliphatic heterocycles. The van der Waals surface area contributed by atoms with Gasteiger partial charge < -0.3 is 4.42 Å². The molecule has 2 nitrogen and oxygen atoms in total. The summed E-state index contributed by atoms with van der Waals surface area (Å²) in [5.74, 6) is 0.364. The van der Waals surface area contributed by atoms with Gasteiger partial charge in [-0.05, 0) is 23.8 Å². The van der Waals surface area contributed by atoms with Crippen molar-refractivity contribution in [2.75, 3.05) is 0 Å². The smallest absolute Gasteiger partial charge is 0.185 e. The van der Waals surface area contributed by atoms with E-state index < -0.39 is 0 Å². The molecule has 1 aromatic carbocycles. The molecular formula is C11H7BrO2. The highest BCUT2D eigenvalue weighted by Gasteiger charge is 2.07. The van der Waals surface area contributed by atoms with Gasteiger partial charge >= 0.3 is 0 Å². The minimum absolute atomic E-state index is 0.364. The van der Waals surface area contributed by atoms with E-state index in [1.807, 2.05) is 24.3 Å². The minimum Gasteiger partial charge on any atom is -0.461 e. The summed E-state index contributed by atoms with van der Waals surface area (Å²) in [6.45, 7) is 0. The molecule has 2 rings (SSSR count). The summed E-state index contributed by atoms with van der Waals surface area (Å²) in [5.41, 5.74) is 1.79. The van der Waals surface area contributed by atoms with Crippen LogP contribution in [0.25, 0.3) is 11.1 Å². The van der Waals surface area contributed by atoms with Gasteiger partial charge in [0.1, 0.15) is 0 Å². The monoisotopic (exact) mass is 250 g/mol. The molecule has 0 atom stereocenters. The Labute approximate surface area is 89.7 Å². The van der Waals surface area contributed by atoms with E-state index in [9.17, 15) is 4.79 Å². The average molecular weight is 251 g/mol. The second kappa shape index (κ2) is 3.80. The van der Waals surface area contributed by atoms with Crippen LogP contribution in [0.15, 0.2) is 45.5 Å². The van der Waals surface area contributed by atoms with Gasteiger partial charge in [0.2, 0.25) is 0 Å². The van der Waals surface area contributed by atoms with Crippen LogP contribution in [0.2, 0.25) is 0 Å². The molecule has 0 spiro atoms. The maximum atomic E-state index is 10.6. The third kappa shape index (κ3) is 1.63. The molecule has 70 valence electrons. The van der Waals surface area contributed by atoms with Crippen LogP contribution in [0.5, 0.6) is 0 Å². The largest absolute Gasteiger partial charge is 0.461 e. The number of rotatable bonds is 2. The van der Waals surface area contributed by atoms with Crippen LogP contribution in [-0.4, -0.2) is 6.29 Å². The Morgan fingerprint density at radius 3 is 2.86 bits per heavy atom. The van der Waals surface area contributed by atoms with Gasteiger partial charge in [-0.1, -0.05) is 28.1 Å². The van der Waals surface area contributed by atoms with Gasteiger partial charge in [-0.25, -0.2) is 0 Å². The summed E-state index contributed by atoms with van der Waals surface area (Å²) in [6.07, 6.45) is 2.23. The average Bonchev–Trinajstić information content (AvgIpc) is 2.65. The molecule has 0 amide bonds. The molecule has 0 aliphatic rings. The van der Waals surface area contributed by atoms with Crippen LogP contribution in [0.3, 0.4) is 0 Å². The Bertz CT molecular complexity index is 460. The van der Waals surface area contributed by atoms with Crippen molar-refractivity contribution in [3.63, 3.8) is 0 Å². The number of furan rings is 1. The topological polar surface area (TPSA) is 30.2 Å². The summed E-state index contributed by atoms with van der Waals surface area (Å²) >= 11 is 3.38. The quantitative estimate of drug-likeness (QED) is 0.764. The standard InChI is InChI=1S/C11H7BrO2/c12-9-3-1-2-8(6-9)10-4-5-14-11(10)7-13/h1-7H. The number of hydrogen-bond donors (Lipinski definition) is 0. The molecule has 0 radical (unpaired) electrons. The fourth-order valence-electron chi connectivity index (χ4n) is 1.31. The number of benzene rings is 1. The highest BCUT2D eigenvalue weighted by atomic mass is 79.9. The van der Waals surface area contributed by atoms with Crippen molar-refractivity contribution in [3.8, 4) is 11.1 Å². The second-order valence-corrected chi connectivity index (χ2v) is 3.74. The van der Waals surface area contributed by atoms with Gasteiger partial charge in [-0.15, -0.1) is 0 Å². The summed E-state index contributed by atoms with van der Waals surface area (Å²) in [4.78, 5) is 10.6. The van der Waals surface area contributed by atoms with Crippen LogP contribution >= 0.6 is 15.9 Å². The highest BCUT2D eigenvalue weighted by molar-refractivity contribution is 9.10. The number of hydrogen-bond acceptors (Lipinski definition) is 2. The zero-order valence-corrected chi connectivity index (χ0v) is 8.82. The number of aldehydes is 1. The molecule has 0 N–H and O–H groups in total. The number of carbonyl (C=O) groups excluding carboxylic acids is 1. The molecule has 2 aromatic rings. The molecular weight excluding hydrogens is 244 g/mol. The first kappa shape index (κ1) is 9.21. The first-order valence-corrected chi connectivity index (χ1v) is 4.89. The Balaban J connectivity index is 2.54. The summed E-state index contributed by atoms with van der Waals surface area (Å²) in [5, 5.41) is 0. The van der Waals surface area contributed by atoms with Gasteiger partial charge in [-0.2, -0.15) is 0 Å². The molecule has 0 saturated heterocycles. The summed E-state index contributed by atoms with van der Waals surface area (Å²) < 4.78 is 6.00. The van der Waals surface area contributed by atoms with Gasteiger partial charge in [0.05, 0.1) is 6.26 Å². The van der Waals surface area contributed by atoms with Gasteiger partial charge in [-0.3, -0.25) is 4.79 Å². The van der Waals surface area contributed by atoms with Crippen molar-refractivity contribution in [2.24, 2.45) is 0 Å². The Morgan fingerprint density at radius 2 is 2.14 bits per heavy atom. The predicted octanol–water partition coefficient (Wildman–Crippen LogP) is 3.52. The van der Waals surface area contributed by atoms with E-state index in [2.05, 4.69) is 15.9 Å². The molecule has 1 aromatic heterocycles. The van der Waals surface area contributed by atoms with E-state index in [1.165, 1.54) is 6.26 Å². The third-order valence-corrected chi connectivity index (χ3v) is 2.43. The van der Waals surface area contributed by atoms with E-state index in [1.54, 1.807) is 6.07 Å². The van der Waals surface area contributed by atoms with E-state index in [-0.39, 0.29) is 0 Å². The normalized spacial score (nSPS) is 10.1. The van der Waals surface area contributed by atoms with Crippen molar-refractivity contribution in [2.45, 2.75) is 0 Å². The van der Waals surface area contributed by atoms with E-state index in [0.29, 0.717) is 5.76 Å². The molecule has 0 unspecified atom stereocenters. The molecule has 0 saturated carbocycles. The fourth-order valence-corrected chi connectivity index (χ4v) is 1.71. The van der Waals surface area contributed by atoms with E-state index >= 15 is 0 Å². The molecule has 1 heterocycles. The maximum Gasteiger partial charge on any atom is 0.185 e. The van der Waals surface area contributed by atoms with Crippen molar-refractivity contribution < 1.29 is 9.21 Å². The molecule has 3 heteroatoms. The van der Waals surface area contributed by atoms with Gasteiger partial charge in [0.15, 0.2) is 12.0 Å². The van der Waals surface area contributed by atoms with Crippen molar-refractivity contribution >= 4 is 22.2 Å². The Hall–Kier alpha value is -1.35. The zero-order valence-electron chi connectivity index (χ0n) is 7.24. The molecule has 0 aliphatic carbocycles. The third-order valence-electron chi connectivity index (χ3n) is 1.94. The van der Waals surface area contributed by atoms with Crippen LogP contribution in [0, 0.1) is 0 Å². The lowest BCUT2D eigenvalue weighted by Gasteiger charge is -1.98. The van der Waals surface area contributed by atoms with Gasteiger partial charge in [0, 0.05) is 10.0 Å². The lowest BCUT2D eigenvalue weighted by atomic mass is 10.1. The number of carbonyl (C=O) groups is 1. The summed E-state index contributed by atoms with van der Waals surface area (Å²) in [6, 6.07) is 9.51. The number of halogens is 1. The van der Waals surface area contributed by atoms with Crippen molar-refractivity contribution in [1.82, 2.24) is 0 Å². The van der Waals surface area contributed by atoms with Crippen molar-refractivity contribution in [1.29, 1.82) is 0 Å². The van der Waals surface area contributed by atoms with E-state index in [0.717, 1.165) is 21.9 Å².